The lowest BCUT2D eigenvalue weighted by Crippen LogP contribution is -1.95. The highest BCUT2D eigenvalue weighted by Gasteiger charge is 2.10. The summed E-state index contributed by atoms with van der Waals surface area (Å²) in [7, 11) is 0. The van der Waals surface area contributed by atoms with E-state index in [-0.39, 0.29) is 0 Å². The smallest absolute Gasteiger partial charge is 0.157 e. The molecule has 3 nitrogen and oxygen atoms in total. The summed E-state index contributed by atoms with van der Waals surface area (Å²) in [5, 5.41) is 0.492. The molecule has 0 aromatic carbocycles. The van der Waals surface area contributed by atoms with Gasteiger partial charge in [-0.25, -0.2) is 4.98 Å². The van der Waals surface area contributed by atoms with E-state index in [4.69, 9.17) is 17.3 Å². The van der Waals surface area contributed by atoms with Gasteiger partial charge in [0.15, 0.2) is 5.15 Å². The number of hydrogen-bond donors (Lipinski definition) is 1. The van der Waals surface area contributed by atoms with Gasteiger partial charge in [0.1, 0.15) is 11.3 Å². The number of fused-ring (bicyclic) bond motifs is 1. The lowest BCUT2D eigenvalue weighted by molar-refractivity contribution is 0.831. The van der Waals surface area contributed by atoms with Gasteiger partial charge in [-0.15, -0.1) is 0 Å². The second-order valence-electron chi connectivity index (χ2n) is 3.25. The van der Waals surface area contributed by atoms with Crippen LogP contribution >= 0.6 is 11.6 Å². The average Bonchev–Trinajstić information content (AvgIpc) is 2.46. The first-order valence-electron chi connectivity index (χ1n) is 4.65. The van der Waals surface area contributed by atoms with E-state index < -0.39 is 0 Å². The molecule has 0 radical (unpaired) electrons. The third-order valence-corrected chi connectivity index (χ3v) is 2.46. The van der Waals surface area contributed by atoms with Gasteiger partial charge >= 0.3 is 0 Å². The molecule has 2 aromatic rings. The van der Waals surface area contributed by atoms with Crippen LogP contribution in [0.5, 0.6) is 0 Å². The van der Waals surface area contributed by atoms with Crippen LogP contribution < -0.4 is 5.73 Å². The van der Waals surface area contributed by atoms with E-state index in [0.717, 1.165) is 24.2 Å². The van der Waals surface area contributed by atoms with E-state index >= 15 is 0 Å². The third kappa shape index (κ3) is 1.34. The summed E-state index contributed by atoms with van der Waals surface area (Å²) in [6, 6.07) is 3.73. The van der Waals surface area contributed by atoms with Crippen molar-refractivity contribution in [3.63, 3.8) is 0 Å². The number of nitrogen functional groups attached to an aromatic ring is 1. The van der Waals surface area contributed by atoms with Crippen molar-refractivity contribution < 1.29 is 0 Å². The Bertz CT molecular complexity index is 462. The number of hydrogen-bond acceptors (Lipinski definition) is 2. The number of nitrogens with zero attached hydrogens (tertiary/aromatic N) is 2. The Labute approximate surface area is 87.5 Å². The Kier molecular flexibility index (Phi) is 2.33. The summed E-state index contributed by atoms with van der Waals surface area (Å²) in [5.41, 5.74) is 7.31. The lowest BCUT2D eigenvalue weighted by Gasteiger charge is -2.00. The van der Waals surface area contributed by atoms with E-state index in [1.807, 2.05) is 22.7 Å². The van der Waals surface area contributed by atoms with Gasteiger partial charge in [0.25, 0.3) is 0 Å². The van der Waals surface area contributed by atoms with Crippen LogP contribution in [-0.4, -0.2) is 9.38 Å². The van der Waals surface area contributed by atoms with E-state index in [0.29, 0.717) is 10.8 Å². The highest BCUT2D eigenvalue weighted by Crippen LogP contribution is 2.24. The maximum Gasteiger partial charge on any atom is 0.157 e. The van der Waals surface area contributed by atoms with E-state index in [1.54, 1.807) is 0 Å². The number of aryl methyl sites for hydroxylation is 1. The zero-order valence-electron chi connectivity index (χ0n) is 8.00. The molecule has 0 atom stereocenters. The van der Waals surface area contributed by atoms with Crippen LogP contribution in [0.3, 0.4) is 0 Å². The van der Waals surface area contributed by atoms with Gasteiger partial charge in [-0.3, -0.25) is 0 Å². The molecule has 14 heavy (non-hydrogen) atoms. The summed E-state index contributed by atoms with van der Waals surface area (Å²) in [4.78, 5) is 4.29. The molecule has 0 amide bonds. The minimum absolute atomic E-state index is 0.492. The van der Waals surface area contributed by atoms with Crippen LogP contribution in [0.25, 0.3) is 5.52 Å². The van der Waals surface area contributed by atoms with Gasteiger partial charge in [0.2, 0.25) is 0 Å². The van der Waals surface area contributed by atoms with Crippen molar-refractivity contribution >= 4 is 22.8 Å². The van der Waals surface area contributed by atoms with Gasteiger partial charge < -0.3 is 10.1 Å². The fraction of sp³-hybridized carbons (Fsp3) is 0.300. The molecule has 0 saturated carbocycles. The largest absolute Gasteiger partial charge is 0.397 e. The summed E-state index contributed by atoms with van der Waals surface area (Å²) in [5.74, 6) is 0.972. The molecule has 2 aromatic heterocycles. The Balaban J connectivity index is 2.71. The molecule has 74 valence electrons. The van der Waals surface area contributed by atoms with Gasteiger partial charge in [0.05, 0.1) is 5.69 Å². The van der Waals surface area contributed by atoms with Gasteiger partial charge in [-0.05, 0) is 18.6 Å². The highest BCUT2D eigenvalue weighted by molar-refractivity contribution is 6.33. The molecule has 0 fully saturated rings. The van der Waals surface area contributed by atoms with Crippen molar-refractivity contribution in [3.05, 3.63) is 29.3 Å². The van der Waals surface area contributed by atoms with Crippen LogP contribution in [0.1, 0.15) is 19.2 Å². The molecule has 2 heterocycles. The summed E-state index contributed by atoms with van der Waals surface area (Å²) >= 11 is 6.01. The number of rotatable bonds is 2. The molecule has 4 heteroatoms. The lowest BCUT2D eigenvalue weighted by atomic mass is 10.3. The number of anilines is 1. The fourth-order valence-corrected chi connectivity index (χ4v) is 1.88. The van der Waals surface area contributed by atoms with Gasteiger partial charge in [-0.2, -0.15) is 0 Å². The molecule has 0 bridgehead atoms. The van der Waals surface area contributed by atoms with E-state index in [1.165, 1.54) is 0 Å². The maximum atomic E-state index is 6.01. The summed E-state index contributed by atoms with van der Waals surface area (Å²) < 4.78 is 1.96. The molecular weight excluding hydrogens is 198 g/mol. The summed E-state index contributed by atoms with van der Waals surface area (Å²) in [6.07, 6.45) is 3.90. The van der Waals surface area contributed by atoms with E-state index in [2.05, 4.69) is 11.9 Å². The topological polar surface area (TPSA) is 43.3 Å². The van der Waals surface area contributed by atoms with Crippen molar-refractivity contribution in [2.24, 2.45) is 0 Å². The predicted octanol–water partition coefficient (Wildman–Crippen LogP) is 2.52. The molecule has 0 spiro atoms. The number of imidazole rings is 1. The molecule has 0 aliphatic heterocycles. The van der Waals surface area contributed by atoms with Gasteiger partial charge in [0, 0.05) is 12.6 Å². The van der Waals surface area contributed by atoms with Crippen molar-refractivity contribution in [1.29, 1.82) is 0 Å². The molecule has 0 aliphatic rings. The third-order valence-electron chi connectivity index (χ3n) is 2.20. The molecular formula is C10H12ClN3. The minimum atomic E-state index is 0.492. The maximum absolute atomic E-state index is 6.01. The molecule has 0 saturated heterocycles. The zero-order valence-corrected chi connectivity index (χ0v) is 8.75. The van der Waals surface area contributed by atoms with Crippen LogP contribution in [0, 0.1) is 0 Å². The Hall–Kier alpha value is -1.22. The molecule has 2 N–H and O–H groups in total. The quantitative estimate of drug-likeness (QED) is 0.826. The summed E-state index contributed by atoms with van der Waals surface area (Å²) in [6.45, 7) is 2.11. The number of nitrogens with two attached hydrogens (primary N) is 1. The van der Waals surface area contributed by atoms with Gasteiger partial charge in [-0.1, -0.05) is 18.5 Å². The molecule has 2 rings (SSSR count). The average molecular weight is 210 g/mol. The first kappa shape index (κ1) is 9.34. The van der Waals surface area contributed by atoms with Crippen molar-refractivity contribution in [2.45, 2.75) is 19.8 Å². The first-order chi connectivity index (χ1) is 6.74. The predicted molar refractivity (Wildman–Crippen MR) is 58.6 cm³/mol. The number of halogens is 1. The molecule has 0 aliphatic carbocycles. The van der Waals surface area contributed by atoms with Crippen LogP contribution in [0.15, 0.2) is 18.3 Å². The Morgan fingerprint density at radius 3 is 3.07 bits per heavy atom. The van der Waals surface area contributed by atoms with Crippen LogP contribution in [0.2, 0.25) is 5.15 Å². The minimum Gasteiger partial charge on any atom is -0.397 e. The number of pyridine rings is 1. The standard InChI is InChI=1S/C10H12ClN3/c1-2-4-8-13-10(11)9-7(12)5-3-6-14(8)9/h3,5-6H,2,4,12H2,1H3. The second kappa shape index (κ2) is 3.50. The zero-order chi connectivity index (χ0) is 10.1. The van der Waals surface area contributed by atoms with Crippen molar-refractivity contribution in [1.82, 2.24) is 9.38 Å². The van der Waals surface area contributed by atoms with Crippen LogP contribution in [0.4, 0.5) is 5.69 Å². The normalized spacial score (nSPS) is 11.0. The highest BCUT2D eigenvalue weighted by atomic mass is 35.5. The number of aromatic nitrogens is 2. The first-order valence-corrected chi connectivity index (χ1v) is 5.02. The second-order valence-corrected chi connectivity index (χ2v) is 3.61. The fourth-order valence-electron chi connectivity index (χ4n) is 1.58. The van der Waals surface area contributed by atoms with Crippen molar-refractivity contribution in [2.75, 3.05) is 5.73 Å². The van der Waals surface area contributed by atoms with Crippen LogP contribution in [-0.2, 0) is 6.42 Å². The molecule has 0 unspecified atom stereocenters. The van der Waals surface area contributed by atoms with Crippen molar-refractivity contribution in [3.8, 4) is 0 Å². The SMILES string of the molecule is CCCc1nc(Cl)c2c(N)cccn12. The van der Waals surface area contributed by atoms with E-state index in [9.17, 15) is 0 Å². The Morgan fingerprint density at radius 1 is 1.57 bits per heavy atom. The Morgan fingerprint density at radius 2 is 2.36 bits per heavy atom. The monoisotopic (exact) mass is 209 g/mol.